The summed E-state index contributed by atoms with van der Waals surface area (Å²) in [4.78, 5) is 11.6. The van der Waals surface area contributed by atoms with Crippen LogP contribution < -0.4 is 5.32 Å². The number of hydrogen-bond donors (Lipinski definition) is 1. The Kier molecular flexibility index (Phi) is 4.22. The zero-order valence-electron chi connectivity index (χ0n) is 17.7. The lowest BCUT2D eigenvalue weighted by Crippen LogP contribution is -2.63. The van der Waals surface area contributed by atoms with Crippen LogP contribution in [-0.4, -0.2) is 18.6 Å². The van der Waals surface area contributed by atoms with E-state index in [-0.39, 0.29) is 11.5 Å². The third-order valence-electron chi connectivity index (χ3n) is 7.52. The molecule has 4 saturated carbocycles. The maximum atomic E-state index is 11.6. The van der Waals surface area contributed by atoms with Gasteiger partial charge >= 0.3 is 5.97 Å². The molecule has 2 aromatic rings. The number of carbonyl (C=O) groups is 1. The average molecular weight is 394 g/mol. The van der Waals surface area contributed by atoms with Gasteiger partial charge in [-0.25, -0.2) is 4.79 Å². The van der Waals surface area contributed by atoms with Gasteiger partial charge in [-0.2, -0.15) is 0 Å². The molecular formula is C25H31NO3. The minimum Gasteiger partial charge on any atom is -0.465 e. The average Bonchev–Trinajstić information content (AvgIpc) is 3.12. The molecule has 2 unspecified atom stereocenters. The van der Waals surface area contributed by atoms with Crippen molar-refractivity contribution in [3.63, 3.8) is 0 Å². The minimum atomic E-state index is -0.321. The van der Waals surface area contributed by atoms with Gasteiger partial charge in [0.15, 0.2) is 0 Å². The summed E-state index contributed by atoms with van der Waals surface area (Å²) in [6.07, 6.45) is 8.15. The molecule has 0 radical (unpaired) electrons. The smallest absolute Gasteiger partial charge is 0.337 e. The first-order chi connectivity index (χ1) is 13.8. The zero-order valence-corrected chi connectivity index (χ0v) is 17.7. The van der Waals surface area contributed by atoms with E-state index in [0.717, 1.165) is 29.5 Å². The van der Waals surface area contributed by atoms with E-state index >= 15 is 0 Å². The molecule has 4 nitrogen and oxygen atoms in total. The second kappa shape index (κ2) is 6.46. The molecule has 1 heterocycles. The lowest BCUT2D eigenvalue weighted by atomic mass is 9.43. The van der Waals surface area contributed by atoms with Gasteiger partial charge in [0.2, 0.25) is 0 Å². The second-order valence-corrected chi connectivity index (χ2v) is 10.6. The molecule has 4 fully saturated rings. The zero-order chi connectivity index (χ0) is 20.3. The van der Waals surface area contributed by atoms with Crippen molar-refractivity contribution < 1.29 is 13.9 Å². The second-order valence-electron chi connectivity index (χ2n) is 10.6. The van der Waals surface area contributed by atoms with Crippen molar-refractivity contribution in [1.82, 2.24) is 5.32 Å². The van der Waals surface area contributed by atoms with E-state index in [4.69, 9.17) is 9.15 Å². The van der Waals surface area contributed by atoms with E-state index in [0.29, 0.717) is 16.4 Å². The van der Waals surface area contributed by atoms with Crippen molar-refractivity contribution in [2.75, 3.05) is 7.11 Å². The Morgan fingerprint density at radius 1 is 1.03 bits per heavy atom. The van der Waals surface area contributed by atoms with E-state index in [1.54, 1.807) is 12.1 Å². The standard InChI is InChI=1S/C25H31NO3/c1-23-10-17-11-24(2,14-23)16-25(12-17,15-23)26-13-20-8-9-21(29-20)18-4-6-19(7-5-18)22(27)28-3/h4-9,17,26H,10-16H2,1-3H3. The molecule has 4 aliphatic carbocycles. The summed E-state index contributed by atoms with van der Waals surface area (Å²) in [6, 6.07) is 11.5. The SMILES string of the molecule is COC(=O)c1ccc(-c2ccc(CNC34CC5CC(C)(CC(C)(C5)C3)C4)o2)cc1. The van der Waals surface area contributed by atoms with Gasteiger partial charge in [-0.1, -0.05) is 26.0 Å². The lowest BCUT2D eigenvalue weighted by molar-refractivity contribution is -0.118. The summed E-state index contributed by atoms with van der Waals surface area (Å²) >= 11 is 0. The fourth-order valence-corrected chi connectivity index (χ4v) is 7.44. The molecule has 1 aromatic carbocycles. The normalized spacial score (nSPS) is 35.1. The fourth-order valence-electron chi connectivity index (χ4n) is 7.44. The highest BCUT2D eigenvalue weighted by Crippen LogP contribution is 2.66. The Balaban J connectivity index is 1.28. The molecule has 29 heavy (non-hydrogen) atoms. The van der Waals surface area contributed by atoms with E-state index in [1.807, 2.05) is 18.2 Å². The maximum absolute atomic E-state index is 11.6. The molecule has 1 aromatic heterocycles. The third-order valence-corrected chi connectivity index (χ3v) is 7.52. The van der Waals surface area contributed by atoms with Crippen molar-refractivity contribution in [2.24, 2.45) is 16.7 Å². The number of hydrogen-bond acceptors (Lipinski definition) is 4. The van der Waals surface area contributed by atoms with E-state index in [2.05, 4.69) is 25.2 Å². The molecule has 4 heteroatoms. The Labute approximate surface area is 173 Å². The molecule has 1 N–H and O–H groups in total. The van der Waals surface area contributed by atoms with Crippen molar-refractivity contribution in [3.05, 3.63) is 47.7 Å². The number of furan rings is 1. The fraction of sp³-hybridized carbons (Fsp3) is 0.560. The first-order valence-electron chi connectivity index (χ1n) is 10.8. The van der Waals surface area contributed by atoms with Crippen LogP contribution >= 0.6 is 0 Å². The van der Waals surface area contributed by atoms with Gasteiger partial charge < -0.3 is 14.5 Å². The van der Waals surface area contributed by atoms with Gasteiger partial charge in [-0.3, -0.25) is 0 Å². The monoisotopic (exact) mass is 393 g/mol. The van der Waals surface area contributed by atoms with Gasteiger partial charge in [-0.05, 0) is 79.5 Å². The van der Waals surface area contributed by atoms with E-state index in [1.165, 1.54) is 45.6 Å². The Bertz CT molecular complexity index is 910. The van der Waals surface area contributed by atoms with Crippen LogP contribution in [0.3, 0.4) is 0 Å². The molecule has 4 aliphatic rings. The summed E-state index contributed by atoms with van der Waals surface area (Å²) in [5.41, 5.74) is 2.82. The Morgan fingerprint density at radius 2 is 1.72 bits per heavy atom. The van der Waals surface area contributed by atoms with Crippen LogP contribution in [0.1, 0.15) is 68.5 Å². The van der Waals surface area contributed by atoms with Gasteiger partial charge in [-0.15, -0.1) is 0 Å². The van der Waals surface area contributed by atoms with E-state index in [9.17, 15) is 4.79 Å². The number of carbonyl (C=O) groups excluding carboxylic acids is 1. The van der Waals surface area contributed by atoms with Gasteiger partial charge in [0.05, 0.1) is 19.2 Å². The van der Waals surface area contributed by atoms with Crippen LogP contribution in [-0.2, 0) is 11.3 Å². The highest BCUT2D eigenvalue weighted by molar-refractivity contribution is 5.89. The predicted octanol–water partition coefficient (Wildman–Crippen LogP) is 5.57. The first kappa shape index (κ1) is 18.9. The quantitative estimate of drug-likeness (QED) is 0.675. The summed E-state index contributed by atoms with van der Waals surface area (Å²) in [5, 5.41) is 3.94. The number of ether oxygens (including phenoxy) is 1. The molecule has 0 saturated heterocycles. The minimum absolute atomic E-state index is 0.276. The number of benzene rings is 1. The highest BCUT2D eigenvalue weighted by atomic mass is 16.5. The summed E-state index contributed by atoms with van der Waals surface area (Å²) in [7, 11) is 1.40. The van der Waals surface area contributed by atoms with Crippen molar-refractivity contribution in [3.8, 4) is 11.3 Å². The van der Waals surface area contributed by atoms with E-state index < -0.39 is 0 Å². The highest BCUT2D eigenvalue weighted by Gasteiger charge is 2.59. The first-order valence-corrected chi connectivity index (χ1v) is 10.8. The number of esters is 1. The molecule has 4 bridgehead atoms. The van der Waals surface area contributed by atoms with Crippen LogP contribution in [0, 0.1) is 16.7 Å². The van der Waals surface area contributed by atoms with Crippen molar-refractivity contribution in [1.29, 1.82) is 0 Å². The van der Waals surface area contributed by atoms with Crippen LogP contribution in [0.25, 0.3) is 11.3 Å². The number of methoxy groups -OCH3 is 1. The number of rotatable bonds is 5. The molecular weight excluding hydrogens is 362 g/mol. The summed E-state index contributed by atoms with van der Waals surface area (Å²) in [6.45, 7) is 5.80. The molecule has 0 aliphatic heterocycles. The third kappa shape index (κ3) is 3.42. The molecule has 0 amide bonds. The molecule has 154 valence electrons. The topological polar surface area (TPSA) is 51.5 Å². The lowest BCUT2D eigenvalue weighted by Gasteiger charge is -2.65. The maximum Gasteiger partial charge on any atom is 0.337 e. The van der Waals surface area contributed by atoms with Crippen LogP contribution in [0.15, 0.2) is 40.8 Å². The number of nitrogens with one attached hydrogen (secondary N) is 1. The van der Waals surface area contributed by atoms with Crippen LogP contribution in [0.5, 0.6) is 0 Å². The van der Waals surface area contributed by atoms with Crippen molar-refractivity contribution >= 4 is 5.97 Å². The predicted molar refractivity (Wildman–Crippen MR) is 112 cm³/mol. The van der Waals surface area contributed by atoms with Crippen LogP contribution in [0.2, 0.25) is 0 Å². The summed E-state index contributed by atoms with van der Waals surface area (Å²) < 4.78 is 10.9. The van der Waals surface area contributed by atoms with Crippen molar-refractivity contribution in [2.45, 2.75) is 64.5 Å². The largest absolute Gasteiger partial charge is 0.465 e. The Hall–Kier alpha value is -2.07. The van der Waals surface area contributed by atoms with Gasteiger partial charge in [0.25, 0.3) is 0 Å². The van der Waals surface area contributed by atoms with Crippen LogP contribution in [0.4, 0.5) is 0 Å². The Morgan fingerprint density at radius 3 is 2.34 bits per heavy atom. The summed E-state index contributed by atoms with van der Waals surface area (Å²) in [5.74, 6) is 2.37. The molecule has 0 spiro atoms. The van der Waals surface area contributed by atoms with Gasteiger partial charge in [0.1, 0.15) is 11.5 Å². The molecule has 2 atom stereocenters. The molecule has 6 rings (SSSR count). The van der Waals surface area contributed by atoms with Gasteiger partial charge in [0, 0.05) is 11.1 Å².